The maximum Gasteiger partial charge on any atom is 0.153 e. The fraction of sp³-hybridized carbons (Fsp3) is 0.571. The highest BCUT2D eigenvalue weighted by atomic mass is 35.5. The van der Waals surface area contributed by atoms with E-state index in [1.807, 2.05) is 0 Å². The molecule has 120 valence electrons. The second-order valence-electron chi connectivity index (χ2n) is 5.58. The Morgan fingerprint density at radius 2 is 2.10 bits per heavy atom. The number of rotatable bonds is 8. The first-order chi connectivity index (χ1) is 9.62. The monoisotopic (exact) mass is 335 g/mol. The zero-order chi connectivity index (χ0) is 16.1. The molecule has 0 radical (unpaired) electrons. The average Bonchev–Trinajstić information content (AvgIpc) is 2.35. The maximum atomic E-state index is 11.5. The van der Waals surface area contributed by atoms with Crippen LogP contribution in [0.25, 0.3) is 0 Å². The van der Waals surface area contributed by atoms with Gasteiger partial charge in [0.1, 0.15) is 18.5 Å². The van der Waals surface area contributed by atoms with Crippen LogP contribution >= 0.6 is 11.6 Å². The molecule has 0 heterocycles. The van der Waals surface area contributed by atoms with Crippen molar-refractivity contribution in [1.82, 2.24) is 5.32 Å². The standard InChI is InChI=1S/C14H22ClNO4S/c1-14(2,21(3,18)19)10-16-8-12(17)9-20-13-6-4-5-11(15)7-13/h4-7,12,16-17H,8-10H2,1-3H3. The Morgan fingerprint density at radius 3 is 2.67 bits per heavy atom. The van der Waals surface area contributed by atoms with Gasteiger partial charge in [0, 0.05) is 24.4 Å². The minimum Gasteiger partial charge on any atom is -0.491 e. The normalized spacial score (nSPS) is 14.0. The highest BCUT2D eigenvalue weighted by Gasteiger charge is 2.29. The predicted molar refractivity (Wildman–Crippen MR) is 84.7 cm³/mol. The number of aliphatic hydroxyl groups excluding tert-OH is 1. The molecule has 21 heavy (non-hydrogen) atoms. The molecule has 0 fully saturated rings. The van der Waals surface area contributed by atoms with Crippen LogP contribution in [0.5, 0.6) is 5.75 Å². The molecule has 2 N–H and O–H groups in total. The molecular weight excluding hydrogens is 314 g/mol. The van der Waals surface area contributed by atoms with Gasteiger partial charge in [-0.3, -0.25) is 0 Å². The summed E-state index contributed by atoms with van der Waals surface area (Å²) >= 11 is 5.82. The van der Waals surface area contributed by atoms with Crippen molar-refractivity contribution in [2.24, 2.45) is 0 Å². The number of ether oxygens (including phenoxy) is 1. The van der Waals surface area contributed by atoms with Crippen molar-refractivity contribution in [1.29, 1.82) is 0 Å². The molecule has 1 aromatic rings. The van der Waals surface area contributed by atoms with Gasteiger partial charge in [0.15, 0.2) is 9.84 Å². The summed E-state index contributed by atoms with van der Waals surface area (Å²) in [4.78, 5) is 0. The number of aliphatic hydroxyl groups is 1. The Kier molecular flexibility index (Phi) is 6.46. The van der Waals surface area contributed by atoms with E-state index in [4.69, 9.17) is 16.3 Å². The van der Waals surface area contributed by atoms with Crippen molar-refractivity contribution < 1.29 is 18.3 Å². The van der Waals surface area contributed by atoms with Crippen molar-refractivity contribution in [3.63, 3.8) is 0 Å². The minimum absolute atomic E-state index is 0.104. The lowest BCUT2D eigenvalue weighted by atomic mass is 10.2. The molecular formula is C14H22ClNO4S. The van der Waals surface area contributed by atoms with Crippen LogP contribution in [0.3, 0.4) is 0 Å². The summed E-state index contributed by atoms with van der Waals surface area (Å²) in [5, 5.41) is 13.3. The molecule has 0 amide bonds. The van der Waals surface area contributed by atoms with E-state index in [1.54, 1.807) is 38.1 Å². The van der Waals surface area contributed by atoms with Crippen molar-refractivity contribution in [3.05, 3.63) is 29.3 Å². The quantitative estimate of drug-likeness (QED) is 0.753. The molecule has 0 saturated heterocycles. The number of sulfone groups is 1. The third-order valence-electron chi connectivity index (χ3n) is 3.17. The molecule has 0 aliphatic carbocycles. The second-order valence-corrected chi connectivity index (χ2v) is 8.67. The fourth-order valence-electron chi connectivity index (χ4n) is 1.48. The zero-order valence-electron chi connectivity index (χ0n) is 12.5. The molecule has 1 aromatic carbocycles. The van der Waals surface area contributed by atoms with Crippen LogP contribution in [0.15, 0.2) is 24.3 Å². The predicted octanol–water partition coefficient (Wildman–Crippen LogP) is 1.49. The summed E-state index contributed by atoms with van der Waals surface area (Å²) in [6, 6.07) is 6.91. The van der Waals surface area contributed by atoms with E-state index in [2.05, 4.69) is 5.32 Å². The topological polar surface area (TPSA) is 75.6 Å². The van der Waals surface area contributed by atoms with Crippen molar-refractivity contribution >= 4 is 21.4 Å². The summed E-state index contributed by atoms with van der Waals surface area (Å²) in [7, 11) is -3.15. The fourth-order valence-corrected chi connectivity index (χ4v) is 2.02. The molecule has 0 spiro atoms. The van der Waals surface area contributed by atoms with Gasteiger partial charge >= 0.3 is 0 Å². The molecule has 0 aliphatic rings. The van der Waals surface area contributed by atoms with E-state index in [0.717, 1.165) is 0 Å². The number of nitrogens with one attached hydrogen (secondary N) is 1. The molecule has 1 atom stereocenters. The van der Waals surface area contributed by atoms with E-state index in [-0.39, 0.29) is 19.7 Å². The first-order valence-corrected chi connectivity index (χ1v) is 8.85. The first kappa shape index (κ1) is 18.2. The van der Waals surface area contributed by atoms with Gasteiger partial charge in [-0.05, 0) is 32.0 Å². The molecule has 0 aliphatic heterocycles. The van der Waals surface area contributed by atoms with Crippen LogP contribution in [-0.4, -0.2) is 50.3 Å². The van der Waals surface area contributed by atoms with Gasteiger partial charge in [-0.15, -0.1) is 0 Å². The van der Waals surface area contributed by atoms with Crippen LogP contribution in [0.4, 0.5) is 0 Å². The molecule has 0 bridgehead atoms. The van der Waals surface area contributed by atoms with Crippen molar-refractivity contribution in [2.75, 3.05) is 26.0 Å². The van der Waals surface area contributed by atoms with E-state index in [0.29, 0.717) is 10.8 Å². The minimum atomic E-state index is -3.15. The highest BCUT2D eigenvalue weighted by molar-refractivity contribution is 7.92. The lowest BCUT2D eigenvalue weighted by Crippen LogP contribution is -2.44. The molecule has 1 unspecified atom stereocenters. The SMILES string of the molecule is CC(C)(CNCC(O)COc1cccc(Cl)c1)S(C)(=O)=O. The Hall–Kier alpha value is -0.820. The summed E-state index contributed by atoms with van der Waals surface area (Å²) in [6.07, 6.45) is 0.465. The van der Waals surface area contributed by atoms with Gasteiger partial charge in [-0.2, -0.15) is 0 Å². The van der Waals surface area contributed by atoms with Crippen LogP contribution in [0.2, 0.25) is 5.02 Å². The Morgan fingerprint density at radius 1 is 1.43 bits per heavy atom. The van der Waals surface area contributed by atoms with E-state index in [9.17, 15) is 13.5 Å². The third-order valence-corrected chi connectivity index (χ3v) is 5.56. The van der Waals surface area contributed by atoms with Crippen LogP contribution in [0, 0.1) is 0 Å². The molecule has 0 aromatic heterocycles. The first-order valence-electron chi connectivity index (χ1n) is 6.58. The lowest BCUT2D eigenvalue weighted by molar-refractivity contribution is 0.106. The smallest absolute Gasteiger partial charge is 0.153 e. The Labute approximate surface area is 131 Å². The summed E-state index contributed by atoms with van der Waals surface area (Å²) < 4.78 is 27.6. The molecule has 5 nitrogen and oxygen atoms in total. The number of hydrogen-bond acceptors (Lipinski definition) is 5. The Balaban J connectivity index is 2.33. The summed E-state index contributed by atoms with van der Waals surface area (Å²) in [5.41, 5.74) is 0. The zero-order valence-corrected chi connectivity index (χ0v) is 14.0. The van der Waals surface area contributed by atoms with Gasteiger partial charge in [-0.1, -0.05) is 17.7 Å². The lowest BCUT2D eigenvalue weighted by Gasteiger charge is -2.23. The molecule has 7 heteroatoms. The molecule has 1 rings (SSSR count). The largest absolute Gasteiger partial charge is 0.491 e. The van der Waals surface area contributed by atoms with Gasteiger partial charge in [0.2, 0.25) is 0 Å². The third kappa shape index (κ3) is 6.22. The second kappa shape index (κ2) is 7.45. The number of halogens is 1. The average molecular weight is 336 g/mol. The van der Waals surface area contributed by atoms with E-state index < -0.39 is 20.7 Å². The highest BCUT2D eigenvalue weighted by Crippen LogP contribution is 2.17. The Bertz CT molecular complexity index is 560. The summed E-state index contributed by atoms with van der Waals surface area (Å²) in [6.45, 7) is 3.90. The van der Waals surface area contributed by atoms with E-state index in [1.165, 1.54) is 6.26 Å². The van der Waals surface area contributed by atoms with Gasteiger partial charge in [0.05, 0.1) is 4.75 Å². The van der Waals surface area contributed by atoms with Crippen LogP contribution in [0.1, 0.15) is 13.8 Å². The van der Waals surface area contributed by atoms with Gasteiger partial charge in [-0.25, -0.2) is 8.42 Å². The van der Waals surface area contributed by atoms with Crippen LogP contribution in [-0.2, 0) is 9.84 Å². The van der Waals surface area contributed by atoms with Crippen LogP contribution < -0.4 is 10.1 Å². The molecule has 0 saturated carbocycles. The van der Waals surface area contributed by atoms with E-state index >= 15 is 0 Å². The van der Waals surface area contributed by atoms with Crippen molar-refractivity contribution in [2.45, 2.75) is 24.7 Å². The number of hydrogen-bond donors (Lipinski definition) is 2. The van der Waals surface area contributed by atoms with Crippen molar-refractivity contribution in [3.8, 4) is 5.75 Å². The van der Waals surface area contributed by atoms with Gasteiger partial charge in [0.25, 0.3) is 0 Å². The number of benzene rings is 1. The maximum absolute atomic E-state index is 11.5. The summed E-state index contributed by atoms with van der Waals surface area (Å²) in [5.74, 6) is 0.581. The van der Waals surface area contributed by atoms with Gasteiger partial charge < -0.3 is 15.2 Å².